The lowest BCUT2D eigenvalue weighted by Crippen LogP contribution is -2.36. The van der Waals surface area contributed by atoms with E-state index in [-0.39, 0.29) is 11.9 Å². The number of methoxy groups -OCH3 is 1. The van der Waals surface area contributed by atoms with Crippen molar-refractivity contribution in [2.45, 2.75) is 32.5 Å². The second-order valence-electron chi connectivity index (χ2n) is 8.03. The zero-order valence-electron chi connectivity index (χ0n) is 18.6. The van der Waals surface area contributed by atoms with Gasteiger partial charge >= 0.3 is 0 Å². The van der Waals surface area contributed by atoms with Crippen LogP contribution in [0.4, 0.5) is 17.1 Å². The van der Waals surface area contributed by atoms with Crippen LogP contribution in [-0.4, -0.2) is 30.9 Å². The number of aliphatic hydroxyl groups is 1. The van der Waals surface area contributed by atoms with E-state index in [1.807, 2.05) is 65.6 Å². The number of hydrogen-bond acceptors (Lipinski definition) is 5. The first-order valence-electron chi connectivity index (χ1n) is 10.8. The first-order valence-corrected chi connectivity index (χ1v) is 10.8. The van der Waals surface area contributed by atoms with E-state index in [4.69, 9.17) is 4.74 Å². The van der Waals surface area contributed by atoms with Gasteiger partial charge in [-0.15, -0.1) is 0 Å². The summed E-state index contributed by atoms with van der Waals surface area (Å²) in [6.07, 6.45) is 0.157. The van der Waals surface area contributed by atoms with Gasteiger partial charge in [-0.05, 0) is 66.4 Å². The molecule has 0 fully saturated rings. The summed E-state index contributed by atoms with van der Waals surface area (Å²) in [5.41, 5.74) is 5.87. The van der Waals surface area contributed by atoms with Crippen LogP contribution in [0.5, 0.6) is 5.75 Å². The number of ether oxygens (including phenoxy) is 1. The molecule has 166 valence electrons. The number of fused-ring (bicyclic) bond motifs is 1. The minimum Gasteiger partial charge on any atom is -0.495 e. The lowest BCUT2D eigenvalue weighted by Gasteiger charge is -2.35. The monoisotopic (exact) mass is 431 g/mol. The predicted octanol–water partition coefficient (Wildman–Crippen LogP) is 5.02. The number of aliphatic hydroxyl groups excluding tert-OH is 1. The fourth-order valence-electron chi connectivity index (χ4n) is 4.25. The lowest BCUT2D eigenvalue weighted by atomic mass is 9.92. The Kier molecular flexibility index (Phi) is 6.32. The molecular formula is C26H29N3O3. The van der Waals surface area contributed by atoms with E-state index in [0.717, 1.165) is 45.9 Å². The Morgan fingerprint density at radius 2 is 1.88 bits per heavy atom. The molecule has 0 aliphatic carbocycles. The van der Waals surface area contributed by atoms with Crippen molar-refractivity contribution in [2.24, 2.45) is 0 Å². The highest BCUT2D eigenvalue weighted by Gasteiger charge is 2.28. The topological polar surface area (TPSA) is 73.8 Å². The molecule has 32 heavy (non-hydrogen) atoms. The normalized spacial score (nSPS) is 16.1. The minimum atomic E-state index is -0.632. The second kappa shape index (κ2) is 9.32. The summed E-state index contributed by atoms with van der Waals surface area (Å²) >= 11 is 0. The smallest absolute Gasteiger partial charge is 0.223 e. The number of nitrogens with one attached hydrogen (secondary N) is 2. The van der Waals surface area contributed by atoms with Gasteiger partial charge in [0.15, 0.2) is 0 Å². The average molecular weight is 432 g/mol. The van der Waals surface area contributed by atoms with E-state index < -0.39 is 6.23 Å². The van der Waals surface area contributed by atoms with Gasteiger partial charge in [-0.3, -0.25) is 4.79 Å². The quantitative estimate of drug-likeness (QED) is 0.478. The van der Waals surface area contributed by atoms with E-state index in [0.29, 0.717) is 6.54 Å². The molecule has 3 aromatic carbocycles. The van der Waals surface area contributed by atoms with Crippen molar-refractivity contribution in [3.05, 3.63) is 72.3 Å². The van der Waals surface area contributed by atoms with Crippen molar-refractivity contribution < 1.29 is 14.6 Å². The van der Waals surface area contributed by atoms with Crippen molar-refractivity contribution >= 4 is 23.0 Å². The van der Waals surface area contributed by atoms with E-state index in [2.05, 4.69) is 16.7 Å². The SMILES string of the molecule is COc1ccccc1NC1CCN(C(C)=O)c2ccc(-c3cccc(NC(C)O)c3)cc21. The van der Waals surface area contributed by atoms with Crippen LogP contribution in [0.1, 0.15) is 31.9 Å². The molecule has 0 saturated heterocycles. The molecule has 2 atom stereocenters. The highest BCUT2D eigenvalue weighted by Crippen LogP contribution is 2.40. The van der Waals surface area contributed by atoms with Crippen molar-refractivity contribution in [1.82, 2.24) is 0 Å². The number of carbonyl (C=O) groups excluding carboxylic acids is 1. The number of para-hydroxylation sites is 2. The molecule has 0 aromatic heterocycles. The molecule has 0 radical (unpaired) electrons. The molecular weight excluding hydrogens is 402 g/mol. The molecule has 4 rings (SSSR count). The van der Waals surface area contributed by atoms with Crippen LogP contribution in [0.3, 0.4) is 0 Å². The molecule has 6 nitrogen and oxygen atoms in total. The Labute approximate surface area is 188 Å². The van der Waals surface area contributed by atoms with Gasteiger partial charge in [0.1, 0.15) is 12.0 Å². The van der Waals surface area contributed by atoms with Crippen LogP contribution in [0, 0.1) is 0 Å². The molecule has 0 saturated carbocycles. The number of rotatable bonds is 6. The second-order valence-corrected chi connectivity index (χ2v) is 8.03. The van der Waals surface area contributed by atoms with Crippen molar-refractivity contribution in [3.8, 4) is 16.9 Å². The summed E-state index contributed by atoms with van der Waals surface area (Å²) in [4.78, 5) is 14.1. The fourth-order valence-corrected chi connectivity index (χ4v) is 4.25. The standard InChI is InChI=1S/C26H29N3O3/c1-17(30)27-21-8-6-7-19(15-21)20-11-12-25-22(16-20)23(13-14-29(25)18(2)31)28-24-9-4-5-10-26(24)32-3/h4-12,15-17,23,27-28,30H,13-14H2,1-3H3. The third kappa shape index (κ3) is 4.55. The van der Waals surface area contributed by atoms with Gasteiger partial charge in [0.25, 0.3) is 0 Å². The molecule has 1 aliphatic rings. The highest BCUT2D eigenvalue weighted by molar-refractivity contribution is 5.93. The molecule has 2 unspecified atom stereocenters. The van der Waals surface area contributed by atoms with Crippen LogP contribution in [0.2, 0.25) is 0 Å². The Bertz CT molecular complexity index is 1110. The van der Waals surface area contributed by atoms with Gasteiger partial charge in [0, 0.05) is 24.8 Å². The molecule has 1 amide bonds. The summed E-state index contributed by atoms with van der Waals surface area (Å²) in [5, 5.41) is 16.3. The summed E-state index contributed by atoms with van der Waals surface area (Å²) in [6.45, 7) is 3.95. The summed E-state index contributed by atoms with van der Waals surface area (Å²) in [7, 11) is 1.67. The maximum absolute atomic E-state index is 12.3. The largest absolute Gasteiger partial charge is 0.495 e. The first kappa shape index (κ1) is 21.7. The number of nitrogens with zero attached hydrogens (tertiary/aromatic N) is 1. The van der Waals surface area contributed by atoms with E-state index in [1.54, 1.807) is 21.0 Å². The molecule has 1 aliphatic heterocycles. The molecule has 0 spiro atoms. The number of amides is 1. The maximum Gasteiger partial charge on any atom is 0.223 e. The van der Waals surface area contributed by atoms with Gasteiger partial charge in [-0.2, -0.15) is 0 Å². The molecule has 6 heteroatoms. The molecule has 1 heterocycles. The van der Waals surface area contributed by atoms with E-state index >= 15 is 0 Å². The zero-order valence-corrected chi connectivity index (χ0v) is 18.6. The number of anilines is 3. The Morgan fingerprint density at radius 1 is 1.09 bits per heavy atom. The zero-order chi connectivity index (χ0) is 22.7. The van der Waals surface area contributed by atoms with Crippen LogP contribution < -0.4 is 20.3 Å². The van der Waals surface area contributed by atoms with Gasteiger partial charge in [0.05, 0.1) is 18.8 Å². The van der Waals surface area contributed by atoms with Crippen LogP contribution in [0.15, 0.2) is 66.7 Å². The molecule has 3 aromatic rings. The van der Waals surface area contributed by atoms with Crippen LogP contribution in [0.25, 0.3) is 11.1 Å². The number of carbonyl (C=O) groups is 1. The Morgan fingerprint density at radius 3 is 2.62 bits per heavy atom. The minimum absolute atomic E-state index is 0.0376. The average Bonchev–Trinajstić information content (AvgIpc) is 2.79. The van der Waals surface area contributed by atoms with Gasteiger partial charge in [-0.25, -0.2) is 0 Å². The first-order chi connectivity index (χ1) is 15.5. The number of benzene rings is 3. The number of hydrogen-bond donors (Lipinski definition) is 3. The fraction of sp³-hybridized carbons (Fsp3) is 0.269. The Hall–Kier alpha value is -3.51. The lowest BCUT2D eigenvalue weighted by molar-refractivity contribution is -0.116. The van der Waals surface area contributed by atoms with Crippen molar-refractivity contribution in [2.75, 3.05) is 29.2 Å². The Balaban J connectivity index is 1.73. The van der Waals surface area contributed by atoms with Crippen molar-refractivity contribution in [3.63, 3.8) is 0 Å². The third-order valence-electron chi connectivity index (χ3n) is 5.72. The van der Waals surface area contributed by atoms with Gasteiger partial charge < -0.3 is 25.4 Å². The van der Waals surface area contributed by atoms with Crippen LogP contribution in [-0.2, 0) is 4.79 Å². The molecule has 3 N–H and O–H groups in total. The predicted molar refractivity (Wildman–Crippen MR) is 129 cm³/mol. The summed E-state index contributed by atoms with van der Waals surface area (Å²) in [6, 6.07) is 22.1. The molecule has 0 bridgehead atoms. The van der Waals surface area contributed by atoms with E-state index in [1.165, 1.54) is 0 Å². The van der Waals surface area contributed by atoms with Gasteiger partial charge in [-0.1, -0.05) is 30.3 Å². The summed E-state index contributed by atoms with van der Waals surface area (Å²) in [5.74, 6) is 0.828. The van der Waals surface area contributed by atoms with Crippen molar-refractivity contribution in [1.29, 1.82) is 0 Å². The van der Waals surface area contributed by atoms with Crippen LogP contribution >= 0.6 is 0 Å². The van der Waals surface area contributed by atoms with Gasteiger partial charge in [0.2, 0.25) is 5.91 Å². The highest BCUT2D eigenvalue weighted by atomic mass is 16.5. The maximum atomic E-state index is 12.3. The summed E-state index contributed by atoms with van der Waals surface area (Å²) < 4.78 is 5.52. The third-order valence-corrected chi connectivity index (χ3v) is 5.72. The van der Waals surface area contributed by atoms with E-state index in [9.17, 15) is 9.90 Å².